The fraction of sp³-hybridized carbons (Fsp3) is 0.422. The molecule has 4 aromatic carbocycles. The lowest BCUT2D eigenvalue weighted by molar-refractivity contribution is -0.273. The zero-order chi connectivity index (χ0) is 37.7. The summed E-state index contributed by atoms with van der Waals surface area (Å²) in [5.41, 5.74) is 2.07. The van der Waals surface area contributed by atoms with E-state index < -0.39 is 43.9 Å². The lowest BCUT2D eigenvalue weighted by Gasteiger charge is -2.48. The lowest BCUT2D eigenvalue weighted by Crippen LogP contribution is -2.67. The third-order valence-corrected chi connectivity index (χ3v) is 17.8. The Morgan fingerprint density at radius 1 is 0.796 bits per heavy atom. The summed E-state index contributed by atoms with van der Waals surface area (Å²) < 4.78 is 14.1. The van der Waals surface area contributed by atoms with E-state index in [1.54, 1.807) is 17.0 Å². The topological polar surface area (TPSA) is 99.5 Å². The van der Waals surface area contributed by atoms with Crippen molar-refractivity contribution in [1.82, 2.24) is 9.80 Å². The van der Waals surface area contributed by atoms with Crippen LogP contribution >= 0.6 is 0 Å². The number of phenolic OH excluding ortho intramolecular Hbond substituents is 1. The van der Waals surface area contributed by atoms with Crippen LogP contribution in [0.5, 0.6) is 5.75 Å². The first-order valence-electron chi connectivity index (χ1n) is 19.6. The number of phenols is 1. The molecule has 1 saturated carbocycles. The first kappa shape index (κ1) is 36.8. The number of carbonyl (C=O) groups is 2. The largest absolute Gasteiger partial charge is 0.508 e. The number of aromatic hydroxyl groups is 1. The van der Waals surface area contributed by atoms with Crippen molar-refractivity contribution in [3.8, 4) is 5.75 Å². The smallest absolute Gasteiger partial charge is 0.261 e. The average molecular weight is 745 g/mol. The summed E-state index contributed by atoms with van der Waals surface area (Å²) in [6.45, 7) is 9.30. The van der Waals surface area contributed by atoms with Gasteiger partial charge in [0.15, 0.2) is 5.79 Å². The van der Waals surface area contributed by atoms with Crippen molar-refractivity contribution in [2.45, 2.75) is 76.0 Å². The molecule has 1 aliphatic carbocycles. The fourth-order valence-corrected chi connectivity index (χ4v) is 14.7. The zero-order valence-corrected chi connectivity index (χ0v) is 32.5. The van der Waals surface area contributed by atoms with Gasteiger partial charge in [-0.05, 0) is 64.4 Å². The molecule has 54 heavy (non-hydrogen) atoms. The molecule has 2 amide bonds. The molecule has 282 valence electrons. The number of benzene rings is 4. The molecule has 4 aromatic rings. The molecule has 3 saturated heterocycles. The van der Waals surface area contributed by atoms with Crippen LogP contribution in [-0.2, 0) is 25.3 Å². The van der Waals surface area contributed by atoms with Gasteiger partial charge in [0.05, 0.1) is 17.9 Å². The summed E-state index contributed by atoms with van der Waals surface area (Å²) in [5, 5.41) is 24.9. The van der Waals surface area contributed by atoms with Gasteiger partial charge in [0, 0.05) is 44.1 Å². The minimum Gasteiger partial charge on any atom is -0.508 e. The highest BCUT2D eigenvalue weighted by Gasteiger charge is 2.67. The van der Waals surface area contributed by atoms with Crippen molar-refractivity contribution in [2.75, 3.05) is 19.7 Å². The average Bonchev–Trinajstić information content (AvgIpc) is 3.66. The molecule has 8 rings (SSSR count). The van der Waals surface area contributed by atoms with E-state index in [2.05, 4.69) is 98.5 Å². The second-order valence-corrected chi connectivity index (χ2v) is 21.2. The Balaban J connectivity index is 1.11. The molecule has 8 nitrogen and oxygen atoms in total. The molecular weight excluding hydrogens is 693 g/mol. The molecule has 0 aromatic heterocycles. The van der Waals surface area contributed by atoms with E-state index in [1.165, 1.54) is 5.56 Å². The van der Waals surface area contributed by atoms with Crippen LogP contribution in [0.1, 0.15) is 63.7 Å². The van der Waals surface area contributed by atoms with E-state index >= 15 is 0 Å². The van der Waals surface area contributed by atoms with Crippen molar-refractivity contribution in [2.24, 2.45) is 23.7 Å². The highest BCUT2D eigenvalue weighted by molar-refractivity contribution is 6.99. The van der Waals surface area contributed by atoms with E-state index in [0.717, 1.165) is 48.4 Å². The van der Waals surface area contributed by atoms with E-state index in [1.807, 2.05) is 30.3 Å². The molecule has 2 N–H and O–H groups in total. The molecule has 0 bridgehead atoms. The normalized spacial score (nSPS) is 27.9. The summed E-state index contributed by atoms with van der Waals surface area (Å²) in [5.74, 6) is -4.21. The summed E-state index contributed by atoms with van der Waals surface area (Å²) in [7, 11) is -3.00. The Morgan fingerprint density at radius 2 is 1.37 bits per heavy atom. The lowest BCUT2D eigenvalue weighted by atomic mass is 9.64. The van der Waals surface area contributed by atoms with Crippen LogP contribution in [0.2, 0.25) is 5.04 Å². The molecule has 9 heteroatoms. The molecule has 3 aliphatic heterocycles. The number of hydrogen-bond donors (Lipinski definition) is 2. The van der Waals surface area contributed by atoms with Crippen LogP contribution < -0.4 is 10.4 Å². The van der Waals surface area contributed by atoms with Gasteiger partial charge in [0.25, 0.3) is 8.32 Å². The van der Waals surface area contributed by atoms with Gasteiger partial charge in [-0.25, -0.2) is 0 Å². The molecular formula is C45H52N2O6Si. The first-order chi connectivity index (χ1) is 26.0. The Morgan fingerprint density at radius 3 is 1.94 bits per heavy atom. The van der Waals surface area contributed by atoms with Crippen LogP contribution in [0.3, 0.4) is 0 Å². The van der Waals surface area contributed by atoms with E-state index in [9.17, 15) is 19.8 Å². The number of amides is 2. The number of nitrogens with zero attached hydrogens (tertiary/aromatic N) is 2. The third-order valence-electron chi connectivity index (χ3n) is 12.8. The summed E-state index contributed by atoms with van der Waals surface area (Å²) in [6.07, 6.45) is 1.64. The number of likely N-dealkylation sites (tertiary alicyclic amines) is 2. The molecule has 0 unspecified atom stereocenters. The quantitative estimate of drug-likeness (QED) is 0.160. The number of fused-ring (bicyclic) bond motifs is 3. The predicted octanol–water partition coefficient (Wildman–Crippen LogP) is 6.02. The number of ether oxygens (including phenoxy) is 1. The monoisotopic (exact) mass is 744 g/mol. The van der Waals surface area contributed by atoms with Gasteiger partial charge in [0.2, 0.25) is 11.8 Å². The van der Waals surface area contributed by atoms with Crippen molar-refractivity contribution < 1.29 is 29.0 Å². The second kappa shape index (κ2) is 14.5. The van der Waals surface area contributed by atoms with Gasteiger partial charge in [-0.15, -0.1) is 0 Å². The number of piperidine rings is 1. The maximum absolute atomic E-state index is 14.6. The Hall–Kier alpha value is -4.12. The van der Waals surface area contributed by atoms with Gasteiger partial charge in [-0.1, -0.05) is 124 Å². The fourth-order valence-electron chi connectivity index (χ4n) is 10.1. The van der Waals surface area contributed by atoms with Crippen LogP contribution in [0.25, 0.3) is 0 Å². The van der Waals surface area contributed by atoms with Crippen molar-refractivity contribution in [3.63, 3.8) is 0 Å². The van der Waals surface area contributed by atoms with E-state index in [-0.39, 0.29) is 35.3 Å². The molecule has 4 fully saturated rings. The molecule has 3 heterocycles. The molecule has 0 spiro atoms. The van der Waals surface area contributed by atoms with E-state index in [4.69, 9.17) is 9.16 Å². The third kappa shape index (κ3) is 6.43. The van der Waals surface area contributed by atoms with Crippen LogP contribution in [0.15, 0.2) is 115 Å². The minimum absolute atomic E-state index is 0.114. The SMILES string of the molecule is CC(C)(C)[Si](OC[C@H]1C[C@@H]2C(=O)N(C3CCN(Cc4ccccc4)CC3)C(=O)[C@@H]2[C@@H]2C[C@@H](c3ccc(O)cc3)O[C@]12O)(c1ccccc1)c1ccccc1. The summed E-state index contributed by atoms with van der Waals surface area (Å²) in [6, 6.07) is 37.9. The van der Waals surface area contributed by atoms with Crippen molar-refractivity contribution in [3.05, 3.63) is 126 Å². The summed E-state index contributed by atoms with van der Waals surface area (Å²) >= 11 is 0. The highest BCUT2D eigenvalue weighted by Crippen LogP contribution is 2.59. The number of hydrogen-bond acceptors (Lipinski definition) is 7. The van der Waals surface area contributed by atoms with Gasteiger partial charge in [0.1, 0.15) is 5.75 Å². The maximum Gasteiger partial charge on any atom is 0.261 e. The van der Waals surface area contributed by atoms with Gasteiger partial charge < -0.3 is 19.4 Å². The second-order valence-electron chi connectivity index (χ2n) is 16.9. The molecule has 0 radical (unpaired) electrons. The van der Waals surface area contributed by atoms with Gasteiger partial charge >= 0.3 is 0 Å². The van der Waals surface area contributed by atoms with Crippen LogP contribution in [0, 0.1) is 23.7 Å². The van der Waals surface area contributed by atoms with Crippen molar-refractivity contribution >= 4 is 30.5 Å². The predicted molar refractivity (Wildman–Crippen MR) is 210 cm³/mol. The Kier molecular flexibility index (Phi) is 9.90. The Bertz CT molecular complexity index is 1890. The van der Waals surface area contributed by atoms with Crippen LogP contribution in [-0.4, -0.2) is 71.7 Å². The highest BCUT2D eigenvalue weighted by atomic mass is 28.4. The Labute approximate surface area is 319 Å². The minimum atomic E-state index is -3.00. The number of rotatable bonds is 9. The molecule has 6 atom stereocenters. The summed E-state index contributed by atoms with van der Waals surface area (Å²) in [4.78, 5) is 33.1. The number of carbonyl (C=O) groups excluding carboxylic acids is 2. The van der Waals surface area contributed by atoms with Crippen molar-refractivity contribution in [1.29, 1.82) is 0 Å². The first-order valence-corrected chi connectivity index (χ1v) is 21.5. The zero-order valence-electron chi connectivity index (χ0n) is 31.5. The molecule has 4 aliphatic rings. The standard InChI is InChI=1S/C45H52N2O6Si/c1-44(2,3)54(36-15-9-5-10-16-36,37-17-11-6-12-18-37)52-30-33-27-38-41(39-28-40(53-45(33,39)51)32-19-21-35(48)22-20-32)43(50)47(42(38)49)34-23-25-46(26-24-34)29-31-13-7-4-8-14-31/h4-22,33-34,38-41,48,51H,23-30H2,1-3H3/t33-,38+,39+,40+,41+,45-/m1/s1. The number of imide groups is 1. The van der Waals surface area contributed by atoms with Gasteiger partial charge in [-0.3, -0.25) is 19.4 Å². The number of aliphatic hydroxyl groups is 1. The van der Waals surface area contributed by atoms with Gasteiger partial charge in [-0.2, -0.15) is 0 Å². The maximum atomic E-state index is 14.6. The van der Waals surface area contributed by atoms with E-state index in [0.29, 0.717) is 12.8 Å². The van der Waals surface area contributed by atoms with Crippen LogP contribution in [0.4, 0.5) is 0 Å².